The van der Waals surface area contributed by atoms with Crippen molar-refractivity contribution >= 4 is 18.0 Å². The number of carboxylic acid groups (broad SMARTS) is 1. The molecule has 0 aliphatic heterocycles. The van der Waals surface area contributed by atoms with Gasteiger partial charge in [-0.2, -0.15) is 0 Å². The number of hydrogen-bond donors (Lipinski definition) is 3. The molecule has 0 fully saturated rings. The molecule has 0 bridgehead atoms. The van der Waals surface area contributed by atoms with Crippen LogP contribution in [0, 0.1) is 0 Å². The van der Waals surface area contributed by atoms with Gasteiger partial charge in [-0.25, -0.2) is 4.79 Å². The number of ether oxygens (including phenoxy) is 1. The summed E-state index contributed by atoms with van der Waals surface area (Å²) in [4.78, 5) is 34.5. The van der Waals surface area contributed by atoms with E-state index in [0.717, 1.165) is 5.56 Å². The second-order valence-electron chi connectivity index (χ2n) is 6.00. The minimum atomic E-state index is -1.16. The second kappa shape index (κ2) is 8.17. The van der Waals surface area contributed by atoms with E-state index < -0.39 is 36.2 Å². The Hall–Kier alpha value is -2.57. The van der Waals surface area contributed by atoms with Crippen LogP contribution in [-0.4, -0.2) is 41.3 Å². The number of carbonyl (C=O) groups excluding carboxylic acids is 2. The Morgan fingerprint density at radius 2 is 1.78 bits per heavy atom. The topological polar surface area (TPSA) is 105 Å². The summed E-state index contributed by atoms with van der Waals surface area (Å²) in [5.41, 5.74) is 0.137. The SMILES string of the molecule is CC(C)(C)OC(=O)NC(Cc1ccccc1)C(=O)NCC(=O)O. The normalized spacial score (nSPS) is 12.1. The zero-order chi connectivity index (χ0) is 17.5. The minimum Gasteiger partial charge on any atom is -0.480 e. The van der Waals surface area contributed by atoms with E-state index in [9.17, 15) is 14.4 Å². The number of alkyl carbamates (subject to hydrolysis) is 1. The van der Waals surface area contributed by atoms with Crippen molar-refractivity contribution in [3.05, 3.63) is 35.9 Å². The van der Waals surface area contributed by atoms with Crippen molar-refractivity contribution in [1.82, 2.24) is 10.6 Å². The first-order valence-corrected chi connectivity index (χ1v) is 7.20. The smallest absolute Gasteiger partial charge is 0.408 e. The summed E-state index contributed by atoms with van der Waals surface area (Å²) in [6, 6.07) is 8.17. The van der Waals surface area contributed by atoms with Crippen LogP contribution < -0.4 is 10.6 Å². The molecule has 2 amide bonds. The third-order valence-electron chi connectivity index (χ3n) is 2.70. The van der Waals surface area contributed by atoms with Crippen molar-refractivity contribution in [2.75, 3.05) is 6.54 Å². The number of nitrogens with one attached hydrogen (secondary N) is 2. The summed E-state index contributed by atoms with van der Waals surface area (Å²) in [5, 5.41) is 13.4. The van der Waals surface area contributed by atoms with Gasteiger partial charge in [-0.15, -0.1) is 0 Å². The van der Waals surface area contributed by atoms with Crippen LogP contribution in [0.2, 0.25) is 0 Å². The third kappa shape index (κ3) is 7.85. The predicted molar refractivity (Wildman–Crippen MR) is 83.9 cm³/mol. The fourth-order valence-corrected chi connectivity index (χ4v) is 1.79. The highest BCUT2D eigenvalue weighted by molar-refractivity contribution is 5.88. The summed E-state index contributed by atoms with van der Waals surface area (Å²) < 4.78 is 5.14. The number of carboxylic acids is 1. The van der Waals surface area contributed by atoms with Gasteiger partial charge in [0.25, 0.3) is 0 Å². The van der Waals surface area contributed by atoms with E-state index in [4.69, 9.17) is 9.84 Å². The molecule has 0 saturated heterocycles. The molecule has 0 radical (unpaired) electrons. The molecule has 23 heavy (non-hydrogen) atoms. The van der Waals surface area contributed by atoms with E-state index in [1.165, 1.54) is 0 Å². The molecule has 0 aliphatic rings. The lowest BCUT2D eigenvalue weighted by atomic mass is 10.1. The number of amides is 2. The van der Waals surface area contributed by atoms with Crippen LogP contribution in [0.25, 0.3) is 0 Å². The zero-order valence-corrected chi connectivity index (χ0v) is 13.5. The molecule has 0 saturated carbocycles. The van der Waals surface area contributed by atoms with Gasteiger partial charge in [-0.3, -0.25) is 9.59 Å². The molecular formula is C16H22N2O5. The van der Waals surface area contributed by atoms with Crippen LogP contribution in [0.3, 0.4) is 0 Å². The van der Waals surface area contributed by atoms with E-state index >= 15 is 0 Å². The highest BCUT2D eigenvalue weighted by Gasteiger charge is 2.24. The van der Waals surface area contributed by atoms with Crippen LogP contribution in [-0.2, 0) is 20.7 Å². The third-order valence-corrected chi connectivity index (χ3v) is 2.70. The molecule has 1 rings (SSSR count). The van der Waals surface area contributed by atoms with Crippen molar-refractivity contribution in [3.8, 4) is 0 Å². The van der Waals surface area contributed by atoms with E-state index in [0.29, 0.717) is 0 Å². The highest BCUT2D eigenvalue weighted by Crippen LogP contribution is 2.08. The maximum absolute atomic E-state index is 12.1. The molecule has 0 aliphatic carbocycles. The van der Waals surface area contributed by atoms with Crippen molar-refractivity contribution in [1.29, 1.82) is 0 Å². The molecule has 7 nitrogen and oxygen atoms in total. The first-order valence-electron chi connectivity index (χ1n) is 7.20. The number of benzene rings is 1. The molecular weight excluding hydrogens is 300 g/mol. The summed E-state index contributed by atoms with van der Waals surface area (Å²) in [6.45, 7) is 4.62. The van der Waals surface area contributed by atoms with Gasteiger partial charge < -0.3 is 20.5 Å². The first kappa shape index (κ1) is 18.5. The number of aliphatic carboxylic acids is 1. The molecule has 1 aromatic carbocycles. The Balaban J connectivity index is 2.77. The van der Waals surface area contributed by atoms with Gasteiger partial charge in [0, 0.05) is 6.42 Å². The maximum atomic E-state index is 12.1. The fourth-order valence-electron chi connectivity index (χ4n) is 1.79. The maximum Gasteiger partial charge on any atom is 0.408 e. The Morgan fingerprint density at radius 3 is 2.30 bits per heavy atom. The van der Waals surface area contributed by atoms with Crippen LogP contribution in [0.5, 0.6) is 0 Å². The Kier molecular flexibility index (Phi) is 6.56. The van der Waals surface area contributed by atoms with Crippen LogP contribution in [0.4, 0.5) is 4.79 Å². The van der Waals surface area contributed by atoms with E-state index in [1.807, 2.05) is 30.3 Å². The minimum absolute atomic E-state index is 0.228. The van der Waals surface area contributed by atoms with Crippen LogP contribution >= 0.6 is 0 Å². The van der Waals surface area contributed by atoms with E-state index in [1.54, 1.807) is 20.8 Å². The number of hydrogen-bond acceptors (Lipinski definition) is 4. The lowest BCUT2D eigenvalue weighted by Crippen LogP contribution is -2.50. The van der Waals surface area contributed by atoms with Gasteiger partial charge in [-0.05, 0) is 26.3 Å². The van der Waals surface area contributed by atoms with Crippen molar-refractivity contribution in [3.63, 3.8) is 0 Å². The lowest BCUT2D eigenvalue weighted by molar-refractivity contribution is -0.138. The van der Waals surface area contributed by atoms with Gasteiger partial charge in [0.15, 0.2) is 0 Å². The van der Waals surface area contributed by atoms with Gasteiger partial charge in [0.2, 0.25) is 5.91 Å². The quantitative estimate of drug-likeness (QED) is 0.733. The first-order chi connectivity index (χ1) is 10.7. The molecule has 0 heterocycles. The average Bonchev–Trinajstić information content (AvgIpc) is 2.43. The van der Waals surface area contributed by atoms with E-state index in [2.05, 4.69) is 10.6 Å². The molecule has 1 unspecified atom stereocenters. The lowest BCUT2D eigenvalue weighted by Gasteiger charge is -2.23. The standard InChI is InChI=1S/C16H22N2O5/c1-16(2,3)23-15(22)18-12(14(21)17-10-13(19)20)9-11-7-5-4-6-8-11/h4-8,12H,9-10H2,1-3H3,(H,17,21)(H,18,22)(H,19,20). The summed E-state index contributed by atoms with van der Waals surface area (Å²) in [5.74, 6) is -1.74. The Bertz CT molecular complexity index is 551. The van der Waals surface area contributed by atoms with Crippen molar-refractivity contribution in [2.24, 2.45) is 0 Å². The average molecular weight is 322 g/mol. The molecule has 3 N–H and O–H groups in total. The van der Waals surface area contributed by atoms with Gasteiger partial charge >= 0.3 is 12.1 Å². The van der Waals surface area contributed by atoms with Crippen molar-refractivity contribution < 1.29 is 24.2 Å². The predicted octanol–water partition coefficient (Wildman–Crippen LogP) is 1.32. The zero-order valence-electron chi connectivity index (χ0n) is 13.5. The summed E-state index contributed by atoms with van der Waals surface area (Å²) in [7, 11) is 0. The number of rotatable bonds is 6. The molecule has 126 valence electrons. The molecule has 0 spiro atoms. The van der Waals surface area contributed by atoms with Crippen LogP contribution in [0.15, 0.2) is 30.3 Å². The molecule has 7 heteroatoms. The van der Waals surface area contributed by atoms with Crippen molar-refractivity contribution in [2.45, 2.75) is 38.8 Å². The van der Waals surface area contributed by atoms with Gasteiger partial charge in [0.05, 0.1) is 0 Å². The molecule has 1 atom stereocenters. The van der Waals surface area contributed by atoms with Crippen LogP contribution in [0.1, 0.15) is 26.3 Å². The largest absolute Gasteiger partial charge is 0.480 e. The Labute approximate surface area is 135 Å². The number of carbonyl (C=O) groups is 3. The summed E-state index contributed by atoms with van der Waals surface area (Å²) >= 11 is 0. The fraction of sp³-hybridized carbons (Fsp3) is 0.438. The Morgan fingerprint density at radius 1 is 1.17 bits per heavy atom. The monoisotopic (exact) mass is 322 g/mol. The van der Waals surface area contributed by atoms with E-state index in [-0.39, 0.29) is 6.42 Å². The molecule has 0 aromatic heterocycles. The second-order valence-corrected chi connectivity index (χ2v) is 6.00. The highest BCUT2D eigenvalue weighted by atomic mass is 16.6. The molecule has 1 aromatic rings. The van der Waals surface area contributed by atoms with Gasteiger partial charge in [-0.1, -0.05) is 30.3 Å². The summed E-state index contributed by atoms with van der Waals surface area (Å²) in [6.07, 6.45) is -0.505. The van der Waals surface area contributed by atoms with Gasteiger partial charge in [0.1, 0.15) is 18.2 Å².